The lowest BCUT2D eigenvalue weighted by Crippen LogP contribution is -2.38. The third-order valence-electron chi connectivity index (χ3n) is 6.20. The Morgan fingerprint density at radius 1 is 0.853 bits per heavy atom. The second kappa shape index (κ2) is 10.9. The minimum Gasteiger partial charge on any atom is -0.493 e. The van der Waals surface area contributed by atoms with Gasteiger partial charge in [-0.2, -0.15) is 0 Å². The van der Waals surface area contributed by atoms with Crippen LogP contribution in [0.25, 0.3) is 0 Å². The Hall–Kier alpha value is -3.80. The highest BCUT2D eigenvalue weighted by atomic mass is 16.5. The molecule has 0 bridgehead atoms. The Morgan fingerprint density at radius 2 is 1.41 bits per heavy atom. The van der Waals surface area contributed by atoms with E-state index in [2.05, 4.69) is 0 Å². The van der Waals surface area contributed by atoms with Crippen molar-refractivity contribution >= 4 is 11.9 Å². The molecule has 0 N–H and O–H groups in total. The summed E-state index contributed by atoms with van der Waals surface area (Å²) >= 11 is 0. The fourth-order valence-electron chi connectivity index (χ4n) is 4.35. The van der Waals surface area contributed by atoms with Crippen molar-refractivity contribution in [3.8, 4) is 11.5 Å². The van der Waals surface area contributed by atoms with Gasteiger partial charge in [0, 0.05) is 19.0 Å². The molecule has 1 aliphatic heterocycles. The van der Waals surface area contributed by atoms with E-state index < -0.39 is 5.97 Å². The maximum Gasteiger partial charge on any atom is 0.307 e. The summed E-state index contributed by atoms with van der Waals surface area (Å²) in [4.78, 5) is 27.2. The van der Waals surface area contributed by atoms with Gasteiger partial charge in [0.1, 0.15) is 0 Å². The standard InChI is InChI=1S/C28H29NO5/c1-32-25-15-22-13-14-29(18-23(22)16-26(25)33-2)27(30)19-34-28(31)17-24(20-9-5-3-6-10-20)21-11-7-4-8-12-21/h3-12,15-16,24H,13-14,17-19H2,1-2H3. The average molecular weight is 460 g/mol. The minimum atomic E-state index is -0.394. The summed E-state index contributed by atoms with van der Waals surface area (Å²) in [5.41, 5.74) is 4.21. The molecule has 0 saturated heterocycles. The van der Waals surface area contributed by atoms with Crippen molar-refractivity contribution in [2.45, 2.75) is 25.3 Å². The van der Waals surface area contributed by atoms with Crippen LogP contribution in [0.15, 0.2) is 72.8 Å². The molecule has 6 nitrogen and oxygen atoms in total. The molecule has 4 rings (SSSR count). The molecule has 0 saturated carbocycles. The molecule has 0 unspecified atom stereocenters. The van der Waals surface area contributed by atoms with Crippen molar-refractivity contribution in [1.82, 2.24) is 4.90 Å². The minimum absolute atomic E-state index is 0.130. The third kappa shape index (κ3) is 5.39. The lowest BCUT2D eigenvalue weighted by Gasteiger charge is -2.29. The summed E-state index contributed by atoms with van der Waals surface area (Å²) in [5, 5.41) is 0. The molecule has 1 amide bonds. The monoisotopic (exact) mass is 459 g/mol. The number of carbonyl (C=O) groups excluding carboxylic acids is 2. The molecule has 0 radical (unpaired) electrons. The maximum absolute atomic E-state index is 12.8. The topological polar surface area (TPSA) is 65.1 Å². The zero-order chi connectivity index (χ0) is 23.9. The highest BCUT2D eigenvalue weighted by Crippen LogP contribution is 2.33. The Morgan fingerprint density at radius 3 is 1.97 bits per heavy atom. The van der Waals surface area contributed by atoms with Crippen molar-refractivity contribution in [1.29, 1.82) is 0 Å². The highest BCUT2D eigenvalue weighted by molar-refractivity contribution is 5.81. The first kappa shape index (κ1) is 23.4. The molecule has 3 aromatic carbocycles. The number of amides is 1. The Balaban J connectivity index is 1.38. The van der Waals surface area contributed by atoms with Crippen molar-refractivity contribution in [3.63, 3.8) is 0 Å². The van der Waals surface area contributed by atoms with E-state index in [1.807, 2.05) is 72.8 Å². The number of carbonyl (C=O) groups is 2. The van der Waals surface area contributed by atoms with Gasteiger partial charge in [-0.1, -0.05) is 60.7 Å². The summed E-state index contributed by atoms with van der Waals surface area (Å²) in [6, 6.07) is 23.6. The van der Waals surface area contributed by atoms with Crippen LogP contribution in [0.5, 0.6) is 11.5 Å². The first-order valence-electron chi connectivity index (χ1n) is 11.4. The molecule has 1 aliphatic rings. The summed E-state index contributed by atoms with van der Waals surface area (Å²) in [5.74, 6) is 0.588. The average Bonchev–Trinajstić information content (AvgIpc) is 2.90. The van der Waals surface area contributed by atoms with Gasteiger partial charge in [-0.3, -0.25) is 9.59 Å². The first-order chi connectivity index (χ1) is 16.6. The fraction of sp³-hybridized carbons (Fsp3) is 0.286. The lowest BCUT2D eigenvalue weighted by molar-refractivity contribution is -0.152. The van der Waals surface area contributed by atoms with Crippen LogP contribution in [-0.4, -0.2) is 44.1 Å². The van der Waals surface area contributed by atoms with E-state index in [1.165, 1.54) is 0 Å². The van der Waals surface area contributed by atoms with Crippen LogP contribution in [-0.2, 0) is 27.3 Å². The predicted molar refractivity (Wildman–Crippen MR) is 129 cm³/mol. The van der Waals surface area contributed by atoms with Crippen molar-refractivity contribution in [2.75, 3.05) is 27.4 Å². The number of esters is 1. The number of hydrogen-bond donors (Lipinski definition) is 0. The van der Waals surface area contributed by atoms with Gasteiger partial charge in [0.05, 0.1) is 20.6 Å². The van der Waals surface area contributed by atoms with Crippen LogP contribution in [0, 0.1) is 0 Å². The summed E-state index contributed by atoms with van der Waals surface area (Å²) in [7, 11) is 3.20. The van der Waals surface area contributed by atoms with Gasteiger partial charge in [0.2, 0.25) is 0 Å². The molecule has 0 aliphatic carbocycles. The van der Waals surface area contributed by atoms with Gasteiger partial charge >= 0.3 is 5.97 Å². The number of rotatable bonds is 8. The van der Waals surface area contributed by atoms with Crippen LogP contribution >= 0.6 is 0 Å². The van der Waals surface area contributed by atoms with Gasteiger partial charge < -0.3 is 19.1 Å². The second-order valence-corrected chi connectivity index (χ2v) is 8.28. The second-order valence-electron chi connectivity index (χ2n) is 8.28. The maximum atomic E-state index is 12.8. The quantitative estimate of drug-likeness (QED) is 0.469. The van der Waals surface area contributed by atoms with Gasteiger partial charge in [-0.15, -0.1) is 0 Å². The number of ether oxygens (including phenoxy) is 3. The molecule has 0 fully saturated rings. The lowest BCUT2D eigenvalue weighted by atomic mass is 9.89. The van der Waals surface area contributed by atoms with E-state index in [0.717, 1.165) is 22.3 Å². The SMILES string of the molecule is COc1cc2c(cc1OC)CN(C(=O)COC(=O)CC(c1ccccc1)c1ccccc1)CC2. The molecule has 34 heavy (non-hydrogen) atoms. The molecular formula is C28H29NO5. The van der Waals surface area contributed by atoms with Gasteiger partial charge in [-0.25, -0.2) is 0 Å². The van der Waals surface area contributed by atoms with E-state index in [9.17, 15) is 9.59 Å². The predicted octanol–water partition coefficient (Wildman–Crippen LogP) is 4.35. The number of fused-ring (bicyclic) bond motifs is 1. The normalized spacial score (nSPS) is 12.7. The highest BCUT2D eigenvalue weighted by Gasteiger charge is 2.25. The van der Waals surface area contributed by atoms with Crippen molar-refractivity contribution < 1.29 is 23.8 Å². The molecule has 176 valence electrons. The van der Waals surface area contributed by atoms with E-state index in [4.69, 9.17) is 14.2 Å². The molecule has 3 aromatic rings. The molecular weight excluding hydrogens is 430 g/mol. The molecule has 0 spiro atoms. The van der Waals surface area contributed by atoms with Gasteiger partial charge in [0.15, 0.2) is 18.1 Å². The Labute approximate surface area is 200 Å². The third-order valence-corrected chi connectivity index (χ3v) is 6.20. The number of nitrogens with zero attached hydrogens (tertiary/aromatic N) is 1. The first-order valence-corrected chi connectivity index (χ1v) is 11.4. The summed E-state index contributed by atoms with van der Waals surface area (Å²) in [6.45, 7) is 0.746. The van der Waals surface area contributed by atoms with E-state index in [-0.39, 0.29) is 24.9 Å². The van der Waals surface area contributed by atoms with E-state index in [0.29, 0.717) is 31.0 Å². The Bertz CT molecular complexity index is 1090. The zero-order valence-electron chi connectivity index (χ0n) is 19.5. The largest absolute Gasteiger partial charge is 0.493 e. The van der Waals surface area contributed by atoms with E-state index >= 15 is 0 Å². The van der Waals surface area contributed by atoms with Crippen molar-refractivity contribution in [2.24, 2.45) is 0 Å². The molecule has 0 aromatic heterocycles. The smallest absolute Gasteiger partial charge is 0.307 e. The molecule has 1 heterocycles. The Kier molecular flexibility index (Phi) is 7.48. The van der Waals surface area contributed by atoms with Crippen LogP contribution in [0.3, 0.4) is 0 Å². The number of methoxy groups -OCH3 is 2. The molecule has 6 heteroatoms. The molecule has 0 atom stereocenters. The fourth-order valence-corrected chi connectivity index (χ4v) is 4.35. The number of benzene rings is 3. The summed E-state index contributed by atoms with van der Waals surface area (Å²) in [6.07, 6.45) is 0.876. The van der Waals surface area contributed by atoms with E-state index in [1.54, 1.807) is 19.1 Å². The summed E-state index contributed by atoms with van der Waals surface area (Å²) < 4.78 is 16.2. The van der Waals surface area contributed by atoms with Gasteiger partial charge in [-0.05, 0) is 40.8 Å². The van der Waals surface area contributed by atoms with Gasteiger partial charge in [0.25, 0.3) is 5.91 Å². The van der Waals surface area contributed by atoms with Crippen LogP contribution < -0.4 is 9.47 Å². The number of hydrogen-bond acceptors (Lipinski definition) is 5. The van der Waals surface area contributed by atoms with Crippen LogP contribution in [0.4, 0.5) is 0 Å². The van der Waals surface area contributed by atoms with Crippen LogP contribution in [0.2, 0.25) is 0 Å². The van der Waals surface area contributed by atoms with Crippen molar-refractivity contribution in [3.05, 3.63) is 95.1 Å². The zero-order valence-corrected chi connectivity index (χ0v) is 19.5. The van der Waals surface area contributed by atoms with Crippen LogP contribution in [0.1, 0.15) is 34.6 Å².